The predicted molar refractivity (Wildman–Crippen MR) is 128 cm³/mol. The molecule has 1 N–H and O–H groups in total. The van der Waals surface area contributed by atoms with Gasteiger partial charge in [0.05, 0.1) is 59.5 Å². The average Bonchev–Trinajstić information content (AvgIpc) is 3.19. The van der Waals surface area contributed by atoms with Crippen LogP contribution in [0.15, 0.2) is 48.5 Å². The molecular formula is C26H35NO7. The second-order valence-electron chi connectivity index (χ2n) is 7.90. The molecule has 0 saturated carbocycles. The van der Waals surface area contributed by atoms with E-state index in [1.54, 1.807) is 7.05 Å². The van der Waals surface area contributed by atoms with Crippen molar-refractivity contribution in [2.75, 3.05) is 79.7 Å². The first-order valence-corrected chi connectivity index (χ1v) is 11.7. The number of ether oxygens (including phenoxy) is 5. The van der Waals surface area contributed by atoms with E-state index in [1.165, 1.54) is 27.2 Å². The number of carbonyl (C=O) groups excluding carboxylic acids is 1. The van der Waals surface area contributed by atoms with Crippen LogP contribution in [0.4, 0.5) is 4.79 Å². The molecule has 0 saturated heterocycles. The molecule has 0 aromatic heterocycles. The molecule has 8 nitrogen and oxygen atoms in total. The first-order valence-electron chi connectivity index (χ1n) is 11.7. The molecule has 8 heteroatoms. The molecule has 1 amide bonds. The zero-order valence-corrected chi connectivity index (χ0v) is 19.8. The largest absolute Gasteiger partial charge is 0.448 e. The molecule has 34 heavy (non-hydrogen) atoms. The molecule has 186 valence electrons. The highest BCUT2D eigenvalue weighted by molar-refractivity contribution is 5.79. The van der Waals surface area contributed by atoms with Crippen LogP contribution in [0.3, 0.4) is 0 Å². The molecule has 0 atom stereocenters. The summed E-state index contributed by atoms with van der Waals surface area (Å²) >= 11 is 0. The zero-order chi connectivity index (χ0) is 24.0. The van der Waals surface area contributed by atoms with Crippen LogP contribution >= 0.6 is 0 Å². The van der Waals surface area contributed by atoms with Gasteiger partial charge in [-0.25, -0.2) is 4.79 Å². The van der Waals surface area contributed by atoms with Crippen LogP contribution in [0.2, 0.25) is 0 Å². The summed E-state index contributed by atoms with van der Waals surface area (Å²) in [5.41, 5.74) is 4.81. The number of hydrogen-bond acceptors (Lipinski definition) is 7. The lowest BCUT2D eigenvalue weighted by Gasteiger charge is -2.19. The summed E-state index contributed by atoms with van der Waals surface area (Å²) in [6, 6.07) is 16.6. The first-order chi connectivity index (χ1) is 16.7. The van der Waals surface area contributed by atoms with Crippen LogP contribution in [0, 0.1) is 0 Å². The number of fused-ring (bicyclic) bond motifs is 3. The third-order valence-electron chi connectivity index (χ3n) is 5.57. The number of hydrogen-bond donors (Lipinski definition) is 1. The molecular weight excluding hydrogens is 438 g/mol. The number of aliphatic hydroxyl groups excluding tert-OH is 1. The maximum Gasteiger partial charge on any atom is 0.409 e. The Kier molecular flexibility index (Phi) is 11.3. The minimum Gasteiger partial charge on any atom is -0.448 e. The lowest BCUT2D eigenvalue weighted by Crippen LogP contribution is -2.32. The molecule has 0 bridgehead atoms. The molecule has 0 heterocycles. The second-order valence-corrected chi connectivity index (χ2v) is 7.90. The van der Waals surface area contributed by atoms with Crippen LogP contribution in [-0.2, 0) is 23.7 Å². The van der Waals surface area contributed by atoms with E-state index in [0.29, 0.717) is 66.0 Å². The van der Waals surface area contributed by atoms with E-state index in [0.717, 1.165) is 0 Å². The number of aliphatic hydroxyl groups is 1. The number of nitrogens with zero attached hydrogens (tertiary/aromatic N) is 1. The Balaban J connectivity index is 1.25. The number of amides is 1. The lowest BCUT2D eigenvalue weighted by atomic mass is 9.98. The highest BCUT2D eigenvalue weighted by atomic mass is 16.6. The van der Waals surface area contributed by atoms with Gasteiger partial charge in [0.25, 0.3) is 0 Å². The van der Waals surface area contributed by atoms with Crippen molar-refractivity contribution in [1.82, 2.24) is 4.90 Å². The van der Waals surface area contributed by atoms with Crippen LogP contribution < -0.4 is 0 Å². The Morgan fingerprint density at radius 3 is 1.76 bits per heavy atom. The van der Waals surface area contributed by atoms with E-state index in [4.69, 9.17) is 28.8 Å². The van der Waals surface area contributed by atoms with Gasteiger partial charge >= 0.3 is 6.09 Å². The number of rotatable bonds is 16. The zero-order valence-electron chi connectivity index (χ0n) is 19.8. The Morgan fingerprint density at radius 1 is 0.765 bits per heavy atom. The molecule has 1 aliphatic rings. The Morgan fingerprint density at radius 2 is 1.24 bits per heavy atom. The number of likely N-dealkylation sites (N-methyl/N-ethyl adjacent to an activating group) is 1. The van der Waals surface area contributed by atoms with Gasteiger partial charge in [0, 0.05) is 19.5 Å². The smallest absolute Gasteiger partial charge is 0.409 e. The summed E-state index contributed by atoms with van der Waals surface area (Å²) in [5.74, 6) is 0.0511. The summed E-state index contributed by atoms with van der Waals surface area (Å²) in [6.07, 6.45) is -0.359. The molecule has 2 aromatic carbocycles. The summed E-state index contributed by atoms with van der Waals surface area (Å²) in [5, 5.41) is 8.59. The predicted octanol–water partition coefficient (Wildman–Crippen LogP) is 2.93. The number of carbonyl (C=O) groups is 1. The monoisotopic (exact) mass is 473 g/mol. The first kappa shape index (κ1) is 26.1. The van der Waals surface area contributed by atoms with Gasteiger partial charge in [-0.2, -0.15) is 0 Å². The van der Waals surface area contributed by atoms with E-state index < -0.39 is 0 Å². The van der Waals surface area contributed by atoms with Crippen LogP contribution in [0.1, 0.15) is 17.0 Å². The summed E-state index contributed by atoms with van der Waals surface area (Å²) in [6.45, 7) is 4.28. The van der Waals surface area contributed by atoms with Crippen molar-refractivity contribution in [3.8, 4) is 11.1 Å². The quantitative estimate of drug-likeness (QED) is 0.375. The van der Waals surface area contributed by atoms with Gasteiger partial charge in [-0.15, -0.1) is 0 Å². The van der Waals surface area contributed by atoms with Crippen molar-refractivity contribution in [1.29, 1.82) is 0 Å². The molecule has 1 aliphatic carbocycles. The molecule has 0 fully saturated rings. The molecule has 2 aromatic rings. The summed E-state index contributed by atoms with van der Waals surface area (Å²) < 4.78 is 27.0. The number of benzene rings is 2. The van der Waals surface area contributed by atoms with Gasteiger partial charge in [-0.3, -0.25) is 0 Å². The maximum absolute atomic E-state index is 12.5. The second kappa shape index (κ2) is 14.7. The van der Waals surface area contributed by atoms with Crippen molar-refractivity contribution in [3.05, 3.63) is 59.7 Å². The van der Waals surface area contributed by atoms with Gasteiger partial charge in [0.2, 0.25) is 0 Å². The van der Waals surface area contributed by atoms with Gasteiger partial charge in [0.1, 0.15) is 6.61 Å². The summed E-state index contributed by atoms with van der Waals surface area (Å²) in [7, 11) is 1.71. The minimum atomic E-state index is -0.359. The van der Waals surface area contributed by atoms with E-state index in [2.05, 4.69) is 24.3 Å². The van der Waals surface area contributed by atoms with Crippen LogP contribution in [-0.4, -0.2) is 95.8 Å². The van der Waals surface area contributed by atoms with E-state index >= 15 is 0 Å². The van der Waals surface area contributed by atoms with Gasteiger partial charge in [-0.05, 0) is 22.3 Å². The fourth-order valence-electron chi connectivity index (χ4n) is 3.82. The molecule has 0 aliphatic heterocycles. The highest BCUT2D eigenvalue weighted by Gasteiger charge is 2.29. The third kappa shape index (κ3) is 7.78. The molecule has 3 rings (SSSR count). The normalized spacial score (nSPS) is 12.4. The van der Waals surface area contributed by atoms with E-state index in [9.17, 15) is 4.79 Å². The SMILES string of the molecule is CN(CCOCCOCCOCCOCCO)C(=O)OCC1c2ccccc2-c2ccccc21. The van der Waals surface area contributed by atoms with Gasteiger partial charge in [-0.1, -0.05) is 48.5 Å². The molecule has 0 spiro atoms. The maximum atomic E-state index is 12.5. The summed E-state index contributed by atoms with van der Waals surface area (Å²) in [4.78, 5) is 14.0. The average molecular weight is 474 g/mol. The van der Waals surface area contributed by atoms with E-state index in [-0.39, 0.29) is 18.6 Å². The van der Waals surface area contributed by atoms with Crippen molar-refractivity contribution < 1.29 is 33.6 Å². The van der Waals surface area contributed by atoms with Gasteiger partial charge < -0.3 is 33.7 Å². The standard InChI is InChI=1S/C26H35NO7/c1-27(10-12-30-14-16-32-18-19-33-17-15-31-13-11-28)26(29)34-20-25-23-8-4-2-6-21(23)22-7-3-5-9-24(22)25/h2-9,25,28H,10-20H2,1H3. The minimum absolute atomic E-state index is 0.0184. The Bertz CT molecular complexity index is 830. The Labute approximate surface area is 201 Å². The third-order valence-corrected chi connectivity index (χ3v) is 5.57. The fraction of sp³-hybridized carbons (Fsp3) is 0.500. The molecule has 0 radical (unpaired) electrons. The van der Waals surface area contributed by atoms with Crippen molar-refractivity contribution in [2.45, 2.75) is 5.92 Å². The van der Waals surface area contributed by atoms with Crippen molar-refractivity contribution in [2.24, 2.45) is 0 Å². The topological polar surface area (TPSA) is 86.7 Å². The van der Waals surface area contributed by atoms with Crippen LogP contribution in [0.5, 0.6) is 0 Å². The Hall–Kier alpha value is -2.49. The van der Waals surface area contributed by atoms with Crippen LogP contribution in [0.25, 0.3) is 11.1 Å². The highest BCUT2D eigenvalue weighted by Crippen LogP contribution is 2.44. The van der Waals surface area contributed by atoms with Crippen molar-refractivity contribution >= 4 is 6.09 Å². The fourth-order valence-corrected chi connectivity index (χ4v) is 3.82. The van der Waals surface area contributed by atoms with E-state index in [1.807, 2.05) is 24.3 Å². The van der Waals surface area contributed by atoms with Crippen molar-refractivity contribution in [3.63, 3.8) is 0 Å². The van der Waals surface area contributed by atoms with Gasteiger partial charge in [0.15, 0.2) is 0 Å². The lowest BCUT2D eigenvalue weighted by molar-refractivity contribution is -0.00683. The molecule has 0 unspecified atom stereocenters.